The van der Waals surface area contributed by atoms with Gasteiger partial charge >= 0.3 is 0 Å². The lowest BCUT2D eigenvalue weighted by atomic mass is 10.1. The van der Waals surface area contributed by atoms with Gasteiger partial charge < -0.3 is 21.9 Å². The van der Waals surface area contributed by atoms with Crippen LogP contribution in [0.15, 0.2) is 76.8 Å². The van der Waals surface area contributed by atoms with Crippen LogP contribution in [0.2, 0.25) is 0 Å². The first-order chi connectivity index (χ1) is 14.8. The Bertz CT molecular complexity index is 1160. The van der Waals surface area contributed by atoms with E-state index in [1.807, 2.05) is 6.07 Å². The number of hydrogen-bond acceptors (Lipinski definition) is 7. The molecule has 0 fully saturated rings. The number of nitrogens with one attached hydrogen (secondary N) is 1. The maximum atomic E-state index is 12.9. The van der Waals surface area contributed by atoms with Gasteiger partial charge in [-0.05, 0) is 54.9 Å². The molecule has 1 heterocycles. The lowest BCUT2D eigenvalue weighted by molar-refractivity contribution is 0.100. The highest BCUT2D eigenvalue weighted by molar-refractivity contribution is 7.91. The Morgan fingerprint density at radius 2 is 1.68 bits per heavy atom. The number of rotatable bonds is 9. The summed E-state index contributed by atoms with van der Waals surface area (Å²) in [5.41, 5.74) is 12.7. The van der Waals surface area contributed by atoms with Crippen LogP contribution in [0.25, 0.3) is 0 Å². The average molecular weight is 550 g/mol. The van der Waals surface area contributed by atoms with E-state index in [0.29, 0.717) is 19.5 Å². The molecule has 0 aliphatic heterocycles. The Morgan fingerprint density at radius 1 is 1.03 bits per heavy atom. The topological polar surface area (TPSA) is 148 Å². The van der Waals surface area contributed by atoms with Crippen molar-refractivity contribution in [2.75, 3.05) is 18.8 Å². The van der Waals surface area contributed by atoms with Gasteiger partial charge in [-0.15, -0.1) is 37.2 Å². The van der Waals surface area contributed by atoms with E-state index >= 15 is 0 Å². The Balaban J connectivity index is 0.00000363. The highest BCUT2D eigenvalue weighted by atomic mass is 35.5. The van der Waals surface area contributed by atoms with Gasteiger partial charge in [-0.1, -0.05) is 18.2 Å². The summed E-state index contributed by atoms with van der Waals surface area (Å²) in [4.78, 5) is 15.5. The minimum Gasteiger partial charge on any atom is -0.398 e. The van der Waals surface area contributed by atoms with Crippen LogP contribution < -0.4 is 16.8 Å². The molecular formula is C22H27Cl3N4O4S. The van der Waals surface area contributed by atoms with Gasteiger partial charge in [0.25, 0.3) is 5.91 Å². The number of aliphatic hydroxyl groups excluding tert-OH is 1. The predicted molar refractivity (Wildman–Crippen MR) is 139 cm³/mol. The number of primary amides is 1. The quantitative estimate of drug-likeness (QED) is 0.237. The van der Waals surface area contributed by atoms with Gasteiger partial charge in [-0.3, -0.25) is 9.78 Å². The first-order valence-electron chi connectivity index (χ1n) is 9.61. The number of nitrogens with zero attached hydrogens (tertiary/aromatic N) is 1. The van der Waals surface area contributed by atoms with Gasteiger partial charge in [0.05, 0.1) is 21.5 Å². The second-order valence-electron chi connectivity index (χ2n) is 7.02. The number of benzene rings is 2. The lowest BCUT2D eigenvalue weighted by Crippen LogP contribution is -2.23. The normalized spacial score (nSPS) is 11.3. The van der Waals surface area contributed by atoms with Gasteiger partial charge in [-0.25, -0.2) is 8.42 Å². The van der Waals surface area contributed by atoms with Crippen molar-refractivity contribution in [1.82, 2.24) is 10.3 Å². The molecule has 8 nitrogen and oxygen atoms in total. The summed E-state index contributed by atoms with van der Waals surface area (Å²) in [5, 5.41) is 13.3. The number of hydrogen-bond donors (Lipinski definition) is 4. The fraction of sp³-hybridized carbons (Fsp3) is 0.182. The monoisotopic (exact) mass is 548 g/mol. The van der Waals surface area contributed by atoms with E-state index in [-0.39, 0.29) is 58.3 Å². The molecule has 186 valence electrons. The number of aromatic nitrogens is 1. The van der Waals surface area contributed by atoms with Crippen LogP contribution in [0.4, 0.5) is 5.69 Å². The van der Waals surface area contributed by atoms with Crippen molar-refractivity contribution >= 4 is 58.7 Å². The molecule has 0 saturated heterocycles. The van der Waals surface area contributed by atoms with Crippen molar-refractivity contribution in [3.05, 3.63) is 83.7 Å². The third-order valence-electron chi connectivity index (χ3n) is 4.83. The van der Waals surface area contributed by atoms with E-state index in [9.17, 15) is 18.3 Å². The molecular weight excluding hydrogens is 523 g/mol. The second-order valence-corrected chi connectivity index (χ2v) is 8.97. The standard InChI is InChI=1S/C22H24N4O4S.3ClH/c23-20-8-7-18(12-19(20)22(24)28)31(29,30)17-5-3-15(4-6-17)9-11-26-14-21(27)16-2-1-10-25-13-16;;;/h1-8,10,12-13,21,26-27H,9,11,14,23H2,(H2,24,28);3*1H/t21-;;;/m1.../s1. The molecule has 3 rings (SSSR count). The number of nitrogen functional groups attached to an aromatic ring is 1. The maximum Gasteiger partial charge on any atom is 0.250 e. The minimum atomic E-state index is -3.81. The molecule has 34 heavy (non-hydrogen) atoms. The van der Waals surface area contributed by atoms with Crippen LogP contribution >= 0.6 is 37.2 Å². The van der Waals surface area contributed by atoms with Crippen molar-refractivity contribution in [2.24, 2.45) is 5.73 Å². The summed E-state index contributed by atoms with van der Waals surface area (Å²) in [6.45, 7) is 1.00. The number of sulfone groups is 1. The molecule has 12 heteroatoms. The first-order valence-corrected chi connectivity index (χ1v) is 11.1. The zero-order chi connectivity index (χ0) is 22.4. The van der Waals surface area contributed by atoms with E-state index in [0.717, 1.165) is 11.1 Å². The fourth-order valence-electron chi connectivity index (χ4n) is 3.05. The maximum absolute atomic E-state index is 12.9. The molecule has 1 aromatic heterocycles. The first kappa shape index (κ1) is 31.6. The number of anilines is 1. The van der Waals surface area contributed by atoms with Gasteiger partial charge in [0.2, 0.25) is 9.84 Å². The lowest BCUT2D eigenvalue weighted by Gasteiger charge is -2.12. The van der Waals surface area contributed by atoms with E-state index in [1.54, 1.807) is 30.6 Å². The Morgan fingerprint density at radius 3 is 2.26 bits per heavy atom. The molecule has 0 aliphatic carbocycles. The number of amides is 1. The molecule has 0 spiro atoms. The Labute approximate surface area is 217 Å². The summed E-state index contributed by atoms with van der Waals surface area (Å²) in [6, 6.07) is 14.0. The zero-order valence-electron chi connectivity index (χ0n) is 18.0. The highest BCUT2D eigenvalue weighted by Crippen LogP contribution is 2.24. The van der Waals surface area contributed by atoms with Crippen molar-refractivity contribution in [3.63, 3.8) is 0 Å². The summed E-state index contributed by atoms with van der Waals surface area (Å²) in [7, 11) is -3.81. The number of nitrogens with two attached hydrogens (primary N) is 2. The van der Waals surface area contributed by atoms with Gasteiger partial charge in [0.1, 0.15) is 0 Å². The molecule has 1 amide bonds. The molecule has 0 radical (unpaired) electrons. The molecule has 0 aliphatic rings. The second kappa shape index (κ2) is 14.1. The van der Waals surface area contributed by atoms with Crippen LogP contribution in [-0.4, -0.2) is 37.5 Å². The molecule has 3 aromatic rings. The average Bonchev–Trinajstić information content (AvgIpc) is 2.77. The van der Waals surface area contributed by atoms with E-state index in [1.165, 1.54) is 30.3 Å². The number of carbonyl (C=O) groups is 1. The summed E-state index contributed by atoms with van der Waals surface area (Å²) in [6.07, 6.45) is 3.29. The third kappa shape index (κ3) is 7.83. The van der Waals surface area contributed by atoms with Crippen molar-refractivity contribution in [3.8, 4) is 0 Å². The summed E-state index contributed by atoms with van der Waals surface area (Å²) >= 11 is 0. The molecule has 6 N–H and O–H groups in total. The van der Waals surface area contributed by atoms with Crippen molar-refractivity contribution < 1.29 is 18.3 Å². The number of carbonyl (C=O) groups excluding carboxylic acids is 1. The van der Waals surface area contributed by atoms with Gasteiger partial charge in [-0.2, -0.15) is 0 Å². The zero-order valence-corrected chi connectivity index (χ0v) is 21.2. The molecule has 2 aromatic carbocycles. The molecule has 1 atom stereocenters. The largest absolute Gasteiger partial charge is 0.398 e. The molecule has 0 saturated carbocycles. The van der Waals surface area contributed by atoms with E-state index in [2.05, 4.69) is 10.3 Å². The number of halogens is 3. The molecule has 0 unspecified atom stereocenters. The van der Waals surface area contributed by atoms with E-state index < -0.39 is 21.8 Å². The van der Waals surface area contributed by atoms with Crippen molar-refractivity contribution in [1.29, 1.82) is 0 Å². The highest BCUT2D eigenvalue weighted by Gasteiger charge is 2.20. The summed E-state index contributed by atoms with van der Waals surface area (Å²) in [5.74, 6) is -0.786. The van der Waals surface area contributed by atoms with Crippen LogP contribution in [0.1, 0.15) is 27.6 Å². The number of pyridine rings is 1. The van der Waals surface area contributed by atoms with Crippen LogP contribution in [0.3, 0.4) is 0 Å². The minimum absolute atomic E-state index is 0. The van der Waals surface area contributed by atoms with Crippen molar-refractivity contribution in [2.45, 2.75) is 22.3 Å². The van der Waals surface area contributed by atoms with Gasteiger partial charge in [0, 0.05) is 30.2 Å². The SMILES string of the molecule is Cl.Cl.Cl.NC(=O)c1cc(S(=O)(=O)c2ccc(CCNC[C@@H](O)c3cccnc3)cc2)ccc1N. The van der Waals surface area contributed by atoms with E-state index in [4.69, 9.17) is 11.5 Å². The molecule has 0 bridgehead atoms. The van der Waals surface area contributed by atoms with Gasteiger partial charge in [0.15, 0.2) is 0 Å². The predicted octanol–water partition coefficient (Wildman–Crippen LogP) is 2.73. The number of aliphatic hydroxyl groups is 1. The smallest absolute Gasteiger partial charge is 0.250 e. The Hall–Kier alpha value is -2.40. The Kier molecular flexibility index (Phi) is 13.1. The fourth-order valence-corrected chi connectivity index (χ4v) is 4.34. The summed E-state index contributed by atoms with van der Waals surface area (Å²) < 4.78 is 25.7. The third-order valence-corrected chi connectivity index (χ3v) is 6.60. The van der Waals surface area contributed by atoms with Crippen LogP contribution in [0, 0.1) is 0 Å². The van der Waals surface area contributed by atoms with Crippen LogP contribution in [-0.2, 0) is 16.3 Å². The van der Waals surface area contributed by atoms with Crippen LogP contribution in [0.5, 0.6) is 0 Å².